The van der Waals surface area contributed by atoms with E-state index in [2.05, 4.69) is 36.3 Å². The molecule has 2 aromatic rings. The third-order valence-electron chi connectivity index (χ3n) is 3.42. The van der Waals surface area contributed by atoms with Gasteiger partial charge < -0.3 is 9.84 Å². The summed E-state index contributed by atoms with van der Waals surface area (Å²) in [5.41, 5.74) is 0.698. The number of aromatic nitrogens is 2. The van der Waals surface area contributed by atoms with E-state index in [1.807, 2.05) is 7.05 Å². The monoisotopic (exact) mass is 376 g/mol. The number of rotatable bonds is 2. The number of hydrogen-bond donors (Lipinski definition) is 1. The fraction of sp³-hybridized carbons (Fsp3) is 0.385. The first-order chi connectivity index (χ1) is 9.65. The molecule has 1 aromatic heterocycles. The van der Waals surface area contributed by atoms with Gasteiger partial charge in [0.15, 0.2) is 5.82 Å². The van der Waals surface area contributed by atoms with E-state index in [1.165, 1.54) is 6.07 Å². The number of likely N-dealkylation sites (N-methyl/N-ethyl adjacent to an activating group) is 1. The van der Waals surface area contributed by atoms with Crippen molar-refractivity contribution in [3.63, 3.8) is 0 Å². The summed E-state index contributed by atoms with van der Waals surface area (Å²) in [7, 11) is 2.04. The van der Waals surface area contributed by atoms with Gasteiger partial charge in [0, 0.05) is 25.2 Å². The minimum atomic E-state index is -0.315. The van der Waals surface area contributed by atoms with Crippen LogP contribution in [-0.2, 0) is 0 Å². The molecular weight excluding hydrogens is 363 g/mol. The van der Waals surface area contributed by atoms with Crippen molar-refractivity contribution in [2.24, 2.45) is 0 Å². The normalized spacial score (nSPS) is 19.3. The summed E-state index contributed by atoms with van der Waals surface area (Å²) in [4.78, 5) is 6.61. The van der Waals surface area contributed by atoms with Crippen LogP contribution in [0.1, 0.15) is 11.9 Å². The Balaban J connectivity index is 0.00000161. The molecule has 3 rings (SSSR count). The first-order valence-corrected chi connectivity index (χ1v) is 7.14. The second-order valence-electron chi connectivity index (χ2n) is 4.79. The van der Waals surface area contributed by atoms with Crippen LogP contribution in [0.3, 0.4) is 0 Å². The van der Waals surface area contributed by atoms with Crippen LogP contribution in [0.15, 0.2) is 27.2 Å². The van der Waals surface area contributed by atoms with Gasteiger partial charge in [0.25, 0.3) is 5.89 Å². The minimum absolute atomic E-state index is 0. The SMILES string of the molecule is CN1CCNCC1c1noc(-c2ccc(F)c(Br)c2)n1.Cl. The number of nitrogens with zero attached hydrogens (tertiary/aromatic N) is 3. The smallest absolute Gasteiger partial charge is 0.258 e. The van der Waals surface area contributed by atoms with Crippen molar-refractivity contribution in [1.82, 2.24) is 20.4 Å². The van der Waals surface area contributed by atoms with Crippen LogP contribution in [0.2, 0.25) is 0 Å². The first kappa shape index (κ1) is 16.4. The maximum Gasteiger partial charge on any atom is 0.258 e. The zero-order valence-electron chi connectivity index (χ0n) is 11.3. The summed E-state index contributed by atoms with van der Waals surface area (Å²) in [6.07, 6.45) is 0. The van der Waals surface area contributed by atoms with Gasteiger partial charge in [-0.15, -0.1) is 12.4 Å². The van der Waals surface area contributed by atoms with Crippen LogP contribution in [0, 0.1) is 5.82 Å². The molecule has 0 amide bonds. The Morgan fingerprint density at radius 2 is 2.29 bits per heavy atom. The standard InChI is InChI=1S/C13H14BrFN4O.ClH/c1-19-5-4-16-7-11(19)12-17-13(20-18-12)8-2-3-10(15)9(14)6-8;/h2-3,6,11,16H,4-5,7H2,1H3;1H. The van der Waals surface area contributed by atoms with E-state index in [-0.39, 0.29) is 24.3 Å². The Hall–Kier alpha value is -1.02. The molecule has 0 aliphatic carbocycles. The predicted molar refractivity (Wildman–Crippen MR) is 82.9 cm³/mol. The molecule has 1 aliphatic rings. The number of piperazine rings is 1. The second-order valence-corrected chi connectivity index (χ2v) is 5.64. The highest BCUT2D eigenvalue weighted by Crippen LogP contribution is 2.26. The molecule has 1 atom stereocenters. The van der Waals surface area contributed by atoms with E-state index >= 15 is 0 Å². The Labute approximate surface area is 136 Å². The zero-order chi connectivity index (χ0) is 14.1. The van der Waals surface area contributed by atoms with Crippen LogP contribution >= 0.6 is 28.3 Å². The molecule has 1 unspecified atom stereocenters. The lowest BCUT2D eigenvalue weighted by molar-refractivity contribution is 0.190. The molecule has 1 fully saturated rings. The zero-order valence-corrected chi connectivity index (χ0v) is 13.7. The van der Waals surface area contributed by atoms with Gasteiger partial charge in [0.05, 0.1) is 10.5 Å². The topological polar surface area (TPSA) is 54.2 Å². The van der Waals surface area contributed by atoms with Crippen molar-refractivity contribution in [3.05, 3.63) is 34.3 Å². The van der Waals surface area contributed by atoms with Gasteiger partial charge in [-0.1, -0.05) is 5.16 Å². The predicted octanol–water partition coefficient (Wildman–Crippen LogP) is 2.64. The summed E-state index contributed by atoms with van der Waals surface area (Å²) < 4.78 is 18.9. The van der Waals surface area contributed by atoms with E-state index in [4.69, 9.17) is 4.52 Å². The third-order valence-corrected chi connectivity index (χ3v) is 4.03. The van der Waals surface area contributed by atoms with Gasteiger partial charge >= 0.3 is 0 Å². The van der Waals surface area contributed by atoms with Crippen LogP contribution in [0.25, 0.3) is 11.5 Å². The molecule has 0 spiro atoms. The number of nitrogens with one attached hydrogen (secondary N) is 1. The molecule has 5 nitrogen and oxygen atoms in total. The Kier molecular flexibility index (Phi) is 5.32. The molecular formula is C13H15BrClFN4O. The van der Waals surface area contributed by atoms with Crippen molar-refractivity contribution in [2.75, 3.05) is 26.7 Å². The lowest BCUT2D eigenvalue weighted by Crippen LogP contribution is -2.44. The fourth-order valence-electron chi connectivity index (χ4n) is 2.21. The number of halogens is 3. The largest absolute Gasteiger partial charge is 0.334 e. The first-order valence-electron chi connectivity index (χ1n) is 6.35. The molecule has 0 saturated carbocycles. The van der Waals surface area contributed by atoms with Crippen molar-refractivity contribution in [1.29, 1.82) is 0 Å². The van der Waals surface area contributed by atoms with E-state index in [0.29, 0.717) is 21.8 Å². The van der Waals surface area contributed by atoms with Crippen LogP contribution in [-0.4, -0.2) is 41.7 Å². The summed E-state index contributed by atoms with van der Waals surface area (Å²) in [5.74, 6) is 0.736. The fourth-order valence-corrected chi connectivity index (χ4v) is 2.59. The van der Waals surface area contributed by atoms with Crippen molar-refractivity contribution in [3.8, 4) is 11.5 Å². The highest BCUT2D eigenvalue weighted by atomic mass is 79.9. The minimum Gasteiger partial charge on any atom is -0.334 e. The van der Waals surface area contributed by atoms with Gasteiger partial charge in [0.1, 0.15) is 5.82 Å². The van der Waals surface area contributed by atoms with Crippen LogP contribution in [0.4, 0.5) is 4.39 Å². The lowest BCUT2D eigenvalue weighted by atomic mass is 10.2. The highest BCUT2D eigenvalue weighted by molar-refractivity contribution is 9.10. The van der Waals surface area contributed by atoms with Gasteiger partial charge in [-0.3, -0.25) is 4.90 Å². The summed E-state index contributed by atoms with van der Waals surface area (Å²) in [5, 5.41) is 7.35. The average molecular weight is 378 g/mol. The Morgan fingerprint density at radius 1 is 1.48 bits per heavy atom. The third kappa shape index (κ3) is 3.42. The van der Waals surface area contributed by atoms with Crippen molar-refractivity contribution >= 4 is 28.3 Å². The molecule has 2 heterocycles. The van der Waals surface area contributed by atoms with Crippen molar-refractivity contribution < 1.29 is 8.91 Å². The van der Waals surface area contributed by atoms with Crippen molar-refractivity contribution in [2.45, 2.75) is 6.04 Å². The number of benzene rings is 1. The van der Waals surface area contributed by atoms with Gasteiger partial charge in [-0.25, -0.2) is 4.39 Å². The maximum atomic E-state index is 13.2. The molecule has 114 valence electrons. The highest BCUT2D eigenvalue weighted by Gasteiger charge is 2.25. The van der Waals surface area contributed by atoms with E-state index in [1.54, 1.807) is 12.1 Å². The Bertz CT molecular complexity index is 624. The lowest BCUT2D eigenvalue weighted by Gasteiger charge is -2.30. The van der Waals surface area contributed by atoms with Gasteiger partial charge in [-0.05, 0) is 41.2 Å². The van der Waals surface area contributed by atoms with Crippen LogP contribution in [0.5, 0.6) is 0 Å². The molecule has 1 aliphatic heterocycles. The molecule has 21 heavy (non-hydrogen) atoms. The molecule has 8 heteroatoms. The Morgan fingerprint density at radius 3 is 3.00 bits per heavy atom. The average Bonchev–Trinajstić information content (AvgIpc) is 2.92. The quantitative estimate of drug-likeness (QED) is 0.872. The van der Waals surface area contributed by atoms with Gasteiger partial charge in [0.2, 0.25) is 0 Å². The maximum absolute atomic E-state index is 13.2. The summed E-state index contributed by atoms with van der Waals surface area (Å²) >= 11 is 3.15. The molecule has 1 saturated heterocycles. The summed E-state index contributed by atoms with van der Waals surface area (Å²) in [6.45, 7) is 2.70. The molecule has 0 radical (unpaired) electrons. The molecule has 1 aromatic carbocycles. The second kappa shape index (κ2) is 6.83. The van der Waals surface area contributed by atoms with Gasteiger partial charge in [-0.2, -0.15) is 4.98 Å². The summed E-state index contributed by atoms with van der Waals surface area (Å²) in [6, 6.07) is 4.73. The van der Waals surface area contributed by atoms with E-state index in [0.717, 1.165) is 19.6 Å². The van der Waals surface area contributed by atoms with E-state index < -0.39 is 0 Å². The van der Waals surface area contributed by atoms with E-state index in [9.17, 15) is 4.39 Å². The van der Waals surface area contributed by atoms with Crippen LogP contribution < -0.4 is 5.32 Å². The molecule has 1 N–H and O–H groups in total. The number of hydrogen-bond acceptors (Lipinski definition) is 5. The molecule has 0 bridgehead atoms.